The van der Waals surface area contributed by atoms with Gasteiger partial charge in [-0.2, -0.15) is 0 Å². The van der Waals surface area contributed by atoms with Gasteiger partial charge in [-0.15, -0.1) is 6.58 Å². The Morgan fingerprint density at radius 3 is 2.38 bits per heavy atom. The Hall–Kier alpha value is 0.557. The number of allylic oxidation sites excluding steroid dienone is 3. The normalized spacial score (nSPS) is 8.62. The van der Waals surface area contributed by atoms with Crippen molar-refractivity contribution in [3.05, 3.63) is 24.8 Å². The Kier molecular flexibility index (Phi) is 14.9. The Labute approximate surface area is 71.3 Å². The molecule has 1 radical (unpaired) electrons. The van der Waals surface area contributed by atoms with Crippen molar-refractivity contribution < 1.29 is 0 Å². The van der Waals surface area contributed by atoms with Crippen molar-refractivity contribution >= 4 is 34.8 Å². The zero-order chi connectivity index (χ0) is 5.54. The van der Waals surface area contributed by atoms with Crippen LogP contribution in [-0.4, -0.2) is 24.2 Å². The molecule has 0 rings (SSSR count). The first-order chi connectivity index (χ1) is 3.41. The predicted octanol–water partition coefficient (Wildman–Crippen LogP) is 2.13. The first kappa shape index (κ1) is 11.4. The van der Waals surface area contributed by atoms with Crippen LogP contribution in [0.15, 0.2) is 24.8 Å². The molecule has 0 saturated heterocycles. The summed E-state index contributed by atoms with van der Waals surface area (Å²) in [5.41, 5.74) is 0. The van der Waals surface area contributed by atoms with Crippen LogP contribution >= 0.6 is 15.9 Å². The summed E-state index contributed by atoms with van der Waals surface area (Å²) in [5.74, 6) is 0. The quantitative estimate of drug-likeness (QED) is 0.344. The molecule has 0 aliphatic rings. The Balaban J connectivity index is 0. The fourth-order valence-electron chi connectivity index (χ4n) is 0.255. The molecule has 0 aromatic rings. The van der Waals surface area contributed by atoms with Gasteiger partial charge in [-0.1, -0.05) is 34.2 Å². The van der Waals surface area contributed by atoms with Crippen LogP contribution in [0, 0.1) is 0 Å². The van der Waals surface area contributed by atoms with E-state index in [1.807, 2.05) is 6.08 Å². The van der Waals surface area contributed by atoms with E-state index in [9.17, 15) is 0 Å². The van der Waals surface area contributed by atoms with Gasteiger partial charge in [0.25, 0.3) is 0 Å². The van der Waals surface area contributed by atoms with Crippen LogP contribution in [0.25, 0.3) is 0 Å². The Bertz CT molecular complexity index is 68.9. The number of alkyl halides is 1. The topological polar surface area (TPSA) is 0 Å². The molecular formula is C6H9BrLi. The summed E-state index contributed by atoms with van der Waals surface area (Å²) in [5, 5.41) is 0.945. The third-order valence-corrected chi connectivity index (χ3v) is 0.932. The van der Waals surface area contributed by atoms with Crippen LogP contribution in [-0.2, 0) is 0 Å². The molecule has 41 valence electrons. The molecule has 8 heavy (non-hydrogen) atoms. The molecule has 0 aromatic heterocycles. The zero-order valence-corrected chi connectivity index (χ0v) is 6.82. The SMILES string of the molecule is C=CCC=CCBr.[Li]. The van der Waals surface area contributed by atoms with Crippen LogP contribution in [0.3, 0.4) is 0 Å². The summed E-state index contributed by atoms with van der Waals surface area (Å²) in [6.45, 7) is 3.57. The molecule has 0 spiro atoms. The van der Waals surface area contributed by atoms with Crippen molar-refractivity contribution in [3.63, 3.8) is 0 Å². The average molecular weight is 168 g/mol. The van der Waals surface area contributed by atoms with Crippen molar-refractivity contribution in [1.82, 2.24) is 0 Å². The van der Waals surface area contributed by atoms with E-state index in [2.05, 4.69) is 34.7 Å². The Morgan fingerprint density at radius 2 is 2.00 bits per heavy atom. The van der Waals surface area contributed by atoms with Gasteiger partial charge in [-0.25, -0.2) is 0 Å². The molecule has 0 N–H and O–H groups in total. The van der Waals surface area contributed by atoms with Crippen molar-refractivity contribution in [2.24, 2.45) is 0 Å². The molecule has 0 heterocycles. The minimum absolute atomic E-state index is 0. The van der Waals surface area contributed by atoms with Gasteiger partial charge >= 0.3 is 0 Å². The standard InChI is InChI=1S/C6H9Br.Li/c1-2-3-4-5-6-7;/h2,4-5H,1,3,6H2;. The summed E-state index contributed by atoms with van der Waals surface area (Å²) in [6.07, 6.45) is 6.98. The van der Waals surface area contributed by atoms with E-state index in [1.165, 1.54) is 0 Å². The van der Waals surface area contributed by atoms with E-state index < -0.39 is 0 Å². The maximum atomic E-state index is 3.57. The molecule has 0 aliphatic heterocycles. The van der Waals surface area contributed by atoms with Gasteiger partial charge in [-0.05, 0) is 6.42 Å². The second kappa shape index (κ2) is 10.5. The molecular weight excluding hydrogens is 159 g/mol. The molecule has 2 heteroatoms. The average Bonchev–Trinajstić information content (AvgIpc) is 1.69. The van der Waals surface area contributed by atoms with Crippen molar-refractivity contribution in [2.75, 3.05) is 5.33 Å². The third-order valence-electron chi connectivity index (χ3n) is 0.559. The molecule has 0 unspecified atom stereocenters. The molecule has 0 nitrogen and oxygen atoms in total. The van der Waals surface area contributed by atoms with Gasteiger partial charge in [-0.3, -0.25) is 0 Å². The number of hydrogen-bond acceptors (Lipinski definition) is 0. The van der Waals surface area contributed by atoms with Crippen molar-refractivity contribution in [1.29, 1.82) is 0 Å². The summed E-state index contributed by atoms with van der Waals surface area (Å²) in [7, 11) is 0. The molecule has 0 bridgehead atoms. The minimum atomic E-state index is 0. The third kappa shape index (κ3) is 9.75. The van der Waals surface area contributed by atoms with Gasteiger partial charge in [0.1, 0.15) is 0 Å². The molecule has 0 saturated carbocycles. The van der Waals surface area contributed by atoms with Gasteiger partial charge in [0.2, 0.25) is 0 Å². The molecule has 0 aliphatic carbocycles. The van der Waals surface area contributed by atoms with E-state index >= 15 is 0 Å². The van der Waals surface area contributed by atoms with Gasteiger partial charge in [0.15, 0.2) is 0 Å². The van der Waals surface area contributed by atoms with Crippen molar-refractivity contribution in [2.45, 2.75) is 6.42 Å². The first-order valence-electron chi connectivity index (χ1n) is 2.23. The van der Waals surface area contributed by atoms with Crippen LogP contribution in [0.4, 0.5) is 0 Å². The Morgan fingerprint density at radius 1 is 1.38 bits per heavy atom. The maximum absolute atomic E-state index is 3.57. The second-order valence-electron chi connectivity index (χ2n) is 1.15. The second-order valence-corrected chi connectivity index (χ2v) is 1.80. The molecule has 0 amide bonds. The number of hydrogen-bond donors (Lipinski definition) is 0. The van der Waals surface area contributed by atoms with Gasteiger partial charge < -0.3 is 0 Å². The summed E-state index contributed by atoms with van der Waals surface area (Å²) < 4.78 is 0. The van der Waals surface area contributed by atoms with Crippen LogP contribution < -0.4 is 0 Å². The number of rotatable bonds is 3. The van der Waals surface area contributed by atoms with E-state index in [-0.39, 0.29) is 18.9 Å². The fourth-order valence-corrected chi connectivity index (χ4v) is 0.520. The smallest absolute Gasteiger partial charge is 0.0212 e. The van der Waals surface area contributed by atoms with E-state index in [0.717, 1.165) is 11.8 Å². The summed E-state index contributed by atoms with van der Waals surface area (Å²) in [6, 6.07) is 0. The molecule has 0 aromatic carbocycles. The van der Waals surface area contributed by atoms with Crippen molar-refractivity contribution in [3.8, 4) is 0 Å². The monoisotopic (exact) mass is 167 g/mol. The van der Waals surface area contributed by atoms with Crippen LogP contribution in [0.5, 0.6) is 0 Å². The van der Waals surface area contributed by atoms with Crippen LogP contribution in [0.2, 0.25) is 0 Å². The fraction of sp³-hybridized carbons (Fsp3) is 0.333. The van der Waals surface area contributed by atoms with E-state index in [0.29, 0.717) is 0 Å². The minimum Gasteiger partial charge on any atom is -0.103 e. The summed E-state index contributed by atoms with van der Waals surface area (Å²) in [4.78, 5) is 0. The number of halogens is 1. The first-order valence-corrected chi connectivity index (χ1v) is 3.36. The largest absolute Gasteiger partial charge is 0.103 e. The van der Waals surface area contributed by atoms with Gasteiger partial charge in [0, 0.05) is 24.2 Å². The maximum Gasteiger partial charge on any atom is 0.0212 e. The van der Waals surface area contributed by atoms with Gasteiger partial charge in [0.05, 0.1) is 0 Å². The molecule has 0 fully saturated rings. The van der Waals surface area contributed by atoms with Crippen LogP contribution in [0.1, 0.15) is 6.42 Å². The van der Waals surface area contributed by atoms with E-state index in [1.54, 1.807) is 0 Å². The molecule has 0 atom stereocenters. The predicted molar refractivity (Wildman–Crippen MR) is 43.5 cm³/mol. The zero-order valence-electron chi connectivity index (χ0n) is 5.23. The van der Waals surface area contributed by atoms with E-state index in [4.69, 9.17) is 0 Å². The summed E-state index contributed by atoms with van der Waals surface area (Å²) >= 11 is 3.26.